The number of nitrogens with one attached hydrogen (secondary N) is 1. The Morgan fingerprint density at radius 2 is 2.18 bits per heavy atom. The van der Waals surface area contributed by atoms with Gasteiger partial charge in [-0.3, -0.25) is 0 Å². The van der Waals surface area contributed by atoms with Crippen LogP contribution in [-0.4, -0.2) is 31.2 Å². The van der Waals surface area contributed by atoms with E-state index in [9.17, 15) is 17.9 Å². The van der Waals surface area contributed by atoms with Crippen LogP contribution in [0.2, 0.25) is 0 Å². The normalized spacial score (nSPS) is 13.9. The highest BCUT2D eigenvalue weighted by atomic mass is 32.2. The number of hydrogen-bond acceptors (Lipinski definition) is 4. The lowest BCUT2D eigenvalue weighted by molar-refractivity contribution is 0.129. The molecule has 0 fully saturated rings. The van der Waals surface area contributed by atoms with Gasteiger partial charge in [0.25, 0.3) is 10.0 Å². The summed E-state index contributed by atoms with van der Waals surface area (Å²) in [6.07, 6.45) is 0.368. The zero-order chi connectivity index (χ0) is 13.1. The molecule has 5 nitrogen and oxygen atoms in total. The topological polar surface area (TPSA) is 79.3 Å². The monoisotopic (exact) mass is 262 g/mol. The van der Waals surface area contributed by atoms with Crippen molar-refractivity contribution in [2.24, 2.45) is 5.92 Å². The second-order valence-electron chi connectivity index (χ2n) is 3.95. The lowest BCUT2D eigenvalue weighted by atomic mass is 10.1. The first-order chi connectivity index (χ1) is 7.84. The molecule has 0 bridgehead atoms. The maximum absolute atomic E-state index is 13.2. The van der Waals surface area contributed by atoms with Gasteiger partial charge in [-0.15, -0.1) is 0 Å². The van der Waals surface area contributed by atoms with Crippen LogP contribution in [-0.2, 0) is 10.0 Å². The minimum Gasteiger partial charge on any atom is -0.391 e. The third-order valence-electron chi connectivity index (χ3n) is 2.23. The van der Waals surface area contributed by atoms with E-state index in [0.29, 0.717) is 0 Å². The van der Waals surface area contributed by atoms with Crippen LogP contribution in [0.25, 0.3) is 0 Å². The fraction of sp³-hybridized carbons (Fsp3) is 0.500. The Balaban J connectivity index is 2.80. The standard InChI is InChI=1S/C10H15FN2O3S/c1-7(2)9(14)6-13-17(15,16)10-8(11)4-3-5-12-10/h3-5,7,9,13-14H,6H2,1-2H3. The van der Waals surface area contributed by atoms with Gasteiger partial charge in [-0.05, 0) is 18.1 Å². The van der Waals surface area contributed by atoms with Crippen molar-refractivity contribution in [3.63, 3.8) is 0 Å². The first-order valence-corrected chi connectivity index (χ1v) is 6.61. The molecule has 1 aromatic heterocycles. The Bertz CT molecular complexity index is 476. The van der Waals surface area contributed by atoms with E-state index in [0.717, 1.165) is 6.07 Å². The number of aliphatic hydroxyl groups is 1. The molecule has 1 aromatic rings. The van der Waals surface area contributed by atoms with Crippen LogP contribution in [0.4, 0.5) is 4.39 Å². The van der Waals surface area contributed by atoms with Gasteiger partial charge in [-0.1, -0.05) is 13.8 Å². The molecule has 1 heterocycles. The van der Waals surface area contributed by atoms with Gasteiger partial charge < -0.3 is 5.11 Å². The zero-order valence-electron chi connectivity index (χ0n) is 9.59. The predicted octanol–water partition coefficient (Wildman–Crippen LogP) is 0.516. The summed E-state index contributed by atoms with van der Waals surface area (Å²) in [6, 6.07) is 2.32. The molecule has 0 aromatic carbocycles. The van der Waals surface area contributed by atoms with Gasteiger partial charge in [0, 0.05) is 12.7 Å². The lowest BCUT2D eigenvalue weighted by Crippen LogP contribution is -2.35. The number of sulfonamides is 1. The summed E-state index contributed by atoms with van der Waals surface area (Å²) in [5.41, 5.74) is 0. The van der Waals surface area contributed by atoms with Crippen LogP contribution in [0.15, 0.2) is 23.4 Å². The number of hydrogen-bond donors (Lipinski definition) is 2. The minimum atomic E-state index is -4.02. The number of nitrogens with zero attached hydrogens (tertiary/aromatic N) is 1. The van der Waals surface area contributed by atoms with Crippen LogP contribution < -0.4 is 4.72 Å². The van der Waals surface area contributed by atoms with Crippen molar-refractivity contribution in [3.05, 3.63) is 24.1 Å². The maximum Gasteiger partial charge on any atom is 0.261 e. The Morgan fingerprint density at radius 1 is 1.53 bits per heavy atom. The summed E-state index contributed by atoms with van der Waals surface area (Å²) >= 11 is 0. The van der Waals surface area contributed by atoms with E-state index in [-0.39, 0.29) is 12.5 Å². The third-order valence-corrected chi connectivity index (χ3v) is 3.59. The third kappa shape index (κ3) is 3.72. The van der Waals surface area contributed by atoms with E-state index in [4.69, 9.17) is 0 Å². The van der Waals surface area contributed by atoms with Crippen molar-refractivity contribution in [1.29, 1.82) is 0 Å². The van der Waals surface area contributed by atoms with Crippen LogP contribution in [0.5, 0.6) is 0 Å². The molecule has 0 radical (unpaired) electrons. The van der Waals surface area contributed by atoms with Gasteiger partial charge in [-0.25, -0.2) is 22.5 Å². The summed E-state index contributed by atoms with van der Waals surface area (Å²) in [4.78, 5) is 3.47. The second kappa shape index (κ2) is 5.52. The molecule has 0 aliphatic rings. The van der Waals surface area contributed by atoms with Crippen molar-refractivity contribution in [2.75, 3.05) is 6.54 Å². The highest BCUT2D eigenvalue weighted by Gasteiger charge is 2.21. The van der Waals surface area contributed by atoms with Gasteiger partial charge in [0.2, 0.25) is 5.03 Å². The fourth-order valence-electron chi connectivity index (χ4n) is 1.07. The molecule has 2 N–H and O–H groups in total. The molecule has 0 saturated carbocycles. The first kappa shape index (κ1) is 14.0. The van der Waals surface area contributed by atoms with Crippen LogP contribution in [0.3, 0.4) is 0 Å². The molecule has 0 aliphatic carbocycles. The first-order valence-electron chi connectivity index (χ1n) is 5.13. The smallest absolute Gasteiger partial charge is 0.261 e. The van der Waals surface area contributed by atoms with E-state index in [1.54, 1.807) is 13.8 Å². The SMILES string of the molecule is CC(C)C(O)CNS(=O)(=O)c1ncccc1F. The van der Waals surface area contributed by atoms with Crippen molar-refractivity contribution in [3.8, 4) is 0 Å². The average Bonchev–Trinajstić information content (AvgIpc) is 2.26. The minimum absolute atomic E-state index is 0.0914. The quantitative estimate of drug-likeness (QED) is 0.810. The highest BCUT2D eigenvalue weighted by Crippen LogP contribution is 2.10. The zero-order valence-corrected chi connectivity index (χ0v) is 10.4. The van der Waals surface area contributed by atoms with E-state index in [2.05, 4.69) is 9.71 Å². The van der Waals surface area contributed by atoms with Gasteiger partial charge >= 0.3 is 0 Å². The molecule has 96 valence electrons. The van der Waals surface area contributed by atoms with Crippen molar-refractivity contribution in [1.82, 2.24) is 9.71 Å². The second-order valence-corrected chi connectivity index (χ2v) is 5.64. The van der Waals surface area contributed by atoms with Gasteiger partial charge in [0.05, 0.1) is 6.10 Å². The number of aliphatic hydroxyl groups excluding tert-OH is 1. The molecular formula is C10H15FN2O3S. The fourth-order valence-corrected chi connectivity index (χ4v) is 2.12. The van der Waals surface area contributed by atoms with E-state index >= 15 is 0 Å². The molecule has 1 rings (SSSR count). The predicted molar refractivity (Wildman–Crippen MR) is 60.2 cm³/mol. The summed E-state index contributed by atoms with van der Waals surface area (Å²) in [7, 11) is -4.02. The highest BCUT2D eigenvalue weighted by molar-refractivity contribution is 7.89. The van der Waals surface area contributed by atoms with Crippen LogP contribution in [0, 0.1) is 11.7 Å². The van der Waals surface area contributed by atoms with Gasteiger partial charge in [0.1, 0.15) is 0 Å². The lowest BCUT2D eigenvalue weighted by Gasteiger charge is -2.14. The number of pyridine rings is 1. The molecule has 0 amide bonds. The summed E-state index contributed by atoms with van der Waals surface area (Å²) in [5.74, 6) is -1.01. The molecule has 0 saturated heterocycles. The van der Waals surface area contributed by atoms with Crippen LogP contribution >= 0.6 is 0 Å². The Morgan fingerprint density at radius 3 is 2.71 bits per heavy atom. The van der Waals surface area contributed by atoms with Gasteiger partial charge in [-0.2, -0.15) is 0 Å². The number of halogens is 1. The van der Waals surface area contributed by atoms with Crippen LogP contribution in [0.1, 0.15) is 13.8 Å². The largest absolute Gasteiger partial charge is 0.391 e. The molecule has 1 unspecified atom stereocenters. The van der Waals surface area contributed by atoms with Crippen molar-refractivity contribution in [2.45, 2.75) is 25.0 Å². The maximum atomic E-state index is 13.2. The summed E-state index contributed by atoms with van der Waals surface area (Å²) < 4.78 is 38.7. The van der Waals surface area contributed by atoms with E-state index < -0.39 is 27.0 Å². The average molecular weight is 262 g/mol. The van der Waals surface area contributed by atoms with E-state index in [1.165, 1.54) is 12.3 Å². The van der Waals surface area contributed by atoms with Gasteiger partial charge in [0.15, 0.2) is 5.82 Å². The van der Waals surface area contributed by atoms with Crippen molar-refractivity contribution < 1.29 is 17.9 Å². The Hall–Kier alpha value is -1.05. The molecule has 7 heteroatoms. The summed E-state index contributed by atoms with van der Waals surface area (Å²) in [5, 5.41) is 8.81. The Labute approximate surface area is 99.7 Å². The molecule has 1 atom stereocenters. The van der Waals surface area contributed by atoms with E-state index in [1.807, 2.05) is 0 Å². The van der Waals surface area contributed by atoms with Crippen molar-refractivity contribution >= 4 is 10.0 Å². The number of rotatable bonds is 5. The Kier molecular flexibility index (Phi) is 4.55. The molecule has 17 heavy (non-hydrogen) atoms. The number of aromatic nitrogens is 1. The molecule has 0 spiro atoms. The molecule has 0 aliphatic heterocycles. The summed E-state index contributed by atoms with van der Waals surface area (Å²) in [6.45, 7) is 3.33. The molecular weight excluding hydrogens is 247 g/mol.